The molecular weight excluding hydrogens is 716 g/mol. The maximum absolute atomic E-state index is 14.1. The van der Waals surface area contributed by atoms with E-state index in [0.717, 1.165) is 21.6 Å². The number of nitrogens with one attached hydrogen (secondary N) is 3. The topological polar surface area (TPSA) is 210 Å². The number of methoxy groups -OCH3 is 1. The SMILES string of the molecule is C=C1C(=O)N[C@@H](C)C(=O)N(C)[C@@H](C)C(=O)N[C@@H](CC(C)C)C(=O)N(C)[C@@H]([C@@H](C)OC)C(=O)O[C@H](C)[C@H](NC(C)=O)C(=O)O[C@H](Cc2ccccc2)C(=O)N1C. The Morgan fingerprint density at radius 3 is 2.02 bits per heavy atom. The van der Waals surface area contributed by atoms with Gasteiger partial charge in [0.05, 0.1) is 6.10 Å². The molecule has 17 heteroatoms. The van der Waals surface area contributed by atoms with Gasteiger partial charge in [0.1, 0.15) is 29.9 Å². The standard InChI is InChI=1S/C38H56N6O11/c1-20(2)18-28-35(49)44(11)31(25(7)53-12)38(52)54-24(6)30(40-26(8)45)37(51)55-29(19-27-16-14-13-15-17-27)36(50)43(10)22(4)32(46)39-21(3)34(48)42(9)23(5)33(47)41-28/h13-17,20-21,23-25,28-31H,4,18-19H2,1-3,5-12H3,(H,39,46)(H,40,45)(H,41,47)/t21-,23-,24+,25+,28-,29+,30-,31-/m0/s1. The van der Waals surface area contributed by atoms with Crippen LogP contribution in [0, 0.1) is 5.92 Å². The maximum atomic E-state index is 14.1. The molecule has 1 aliphatic heterocycles. The third-order valence-corrected chi connectivity index (χ3v) is 9.35. The monoisotopic (exact) mass is 772 g/mol. The molecule has 0 unspecified atom stereocenters. The fourth-order valence-corrected chi connectivity index (χ4v) is 5.81. The second kappa shape index (κ2) is 20.4. The predicted octanol–water partition coefficient (Wildman–Crippen LogP) is 0.307. The van der Waals surface area contributed by atoms with E-state index in [-0.39, 0.29) is 18.8 Å². The minimum atomic E-state index is -1.64. The second-order valence-corrected chi connectivity index (χ2v) is 14.1. The van der Waals surface area contributed by atoms with Gasteiger partial charge in [0.25, 0.3) is 11.8 Å². The molecule has 1 aromatic carbocycles. The molecule has 1 aliphatic rings. The van der Waals surface area contributed by atoms with E-state index in [1.54, 1.807) is 30.3 Å². The fourth-order valence-electron chi connectivity index (χ4n) is 5.81. The summed E-state index contributed by atoms with van der Waals surface area (Å²) < 4.78 is 16.9. The summed E-state index contributed by atoms with van der Waals surface area (Å²) >= 11 is 0. The largest absolute Gasteiger partial charge is 0.458 e. The highest BCUT2D eigenvalue weighted by molar-refractivity contribution is 6.01. The minimum absolute atomic E-state index is 0.107. The molecule has 0 saturated carbocycles. The van der Waals surface area contributed by atoms with Crippen LogP contribution in [0.3, 0.4) is 0 Å². The molecule has 304 valence electrons. The van der Waals surface area contributed by atoms with Gasteiger partial charge in [-0.25, -0.2) is 9.59 Å². The highest BCUT2D eigenvalue weighted by Crippen LogP contribution is 2.18. The Bertz CT molecular complexity index is 1600. The van der Waals surface area contributed by atoms with Crippen molar-refractivity contribution in [3.8, 4) is 0 Å². The summed E-state index contributed by atoms with van der Waals surface area (Å²) in [6.45, 7) is 14.2. The highest BCUT2D eigenvalue weighted by atomic mass is 16.6. The number of esters is 2. The lowest BCUT2D eigenvalue weighted by molar-refractivity contribution is -0.172. The molecule has 55 heavy (non-hydrogen) atoms. The van der Waals surface area contributed by atoms with E-state index < -0.39 is 102 Å². The number of hydrogen-bond acceptors (Lipinski definition) is 11. The third kappa shape index (κ3) is 12.3. The first-order valence-electron chi connectivity index (χ1n) is 18.0. The average Bonchev–Trinajstić information content (AvgIpc) is 3.13. The summed E-state index contributed by atoms with van der Waals surface area (Å²) in [4.78, 5) is 111. The number of cyclic esters (lactones) is 2. The highest BCUT2D eigenvalue weighted by Gasteiger charge is 2.42. The quantitative estimate of drug-likeness (QED) is 0.254. The molecule has 6 amide bonds. The van der Waals surface area contributed by atoms with Gasteiger partial charge in [0.15, 0.2) is 18.2 Å². The van der Waals surface area contributed by atoms with Crippen LogP contribution in [-0.4, -0.2) is 139 Å². The van der Waals surface area contributed by atoms with E-state index in [4.69, 9.17) is 14.2 Å². The molecule has 1 fully saturated rings. The van der Waals surface area contributed by atoms with Gasteiger partial charge < -0.3 is 44.9 Å². The van der Waals surface area contributed by atoms with Crippen molar-refractivity contribution in [2.75, 3.05) is 28.3 Å². The number of benzene rings is 1. The summed E-state index contributed by atoms with van der Waals surface area (Å²) in [6.07, 6.45) is -3.96. The second-order valence-electron chi connectivity index (χ2n) is 14.1. The van der Waals surface area contributed by atoms with Crippen LogP contribution in [0.5, 0.6) is 0 Å². The maximum Gasteiger partial charge on any atom is 0.333 e. The summed E-state index contributed by atoms with van der Waals surface area (Å²) in [6, 6.07) is 2.01. The number of nitrogens with zero attached hydrogens (tertiary/aromatic N) is 3. The lowest BCUT2D eigenvalue weighted by Crippen LogP contribution is -2.59. The molecule has 0 spiro atoms. The van der Waals surface area contributed by atoms with E-state index >= 15 is 0 Å². The summed E-state index contributed by atoms with van der Waals surface area (Å²) in [5, 5.41) is 7.59. The molecule has 0 aromatic heterocycles. The van der Waals surface area contributed by atoms with Gasteiger partial charge in [0, 0.05) is 41.6 Å². The van der Waals surface area contributed by atoms with Gasteiger partial charge in [-0.15, -0.1) is 0 Å². The molecule has 2 rings (SSSR count). The van der Waals surface area contributed by atoms with Gasteiger partial charge >= 0.3 is 11.9 Å². The van der Waals surface area contributed by atoms with Crippen LogP contribution in [0.25, 0.3) is 0 Å². The van der Waals surface area contributed by atoms with Crippen LogP contribution in [-0.2, 0) is 59.0 Å². The lowest BCUT2D eigenvalue weighted by atomic mass is 10.0. The van der Waals surface area contributed by atoms with Crippen LogP contribution in [0.1, 0.15) is 60.5 Å². The molecule has 3 N–H and O–H groups in total. The van der Waals surface area contributed by atoms with Gasteiger partial charge in [-0.3, -0.25) is 28.8 Å². The first kappa shape index (κ1) is 45.8. The Balaban J connectivity index is 2.72. The zero-order valence-corrected chi connectivity index (χ0v) is 33.5. The predicted molar refractivity (Wildman–Crippen MR) is 199 cm³/mol. The Labute approximate surface area is 322 Å². The number of carbonyl (C=O) groups is 8. The van der Waals surface area contributed by atoms with Crippen molar-refractivity contribution in [3.63, 3.8) is 0 Å². The van der Waals surface area contributed by atoms with Crippen LogP contribution in [0.2, 0.25) is 0 Å². The molecule has 0 bridgehead atoms. The summed E-state index contributed by atoms with van der Waals surface area (Å²) in [5.74, 6) is -6.77. The molecular formula is C38H56N6O11. The van der Waals surface area contributed by atoms with Crippen LogP contribution < -0.4 is 16.0 Å². The van der Waals surface area contributed by atoms with Crippen molar-refractivity contribution in [1.29, 1.82) is 0 Å². The first-order valence-corrected chi connectivity index (χ1v) is 18.0. The third-order valence-electron chi connectivity index (χ3n) is 9.35. The van der Waals surface area contributed by atoms with Crippen LogP contribution >= 0.6 is 0 Å². The molecule has 1 aromatic rings. The summed E-state index contributed by atoms with van der Waals surface area (Å²) in [5.41, 5.74) is 0.182. The molecule has 0 radical (unpaired) electrons. The van der Waals surface area contributed by atoms with Crippen molar-refractivity contribution >= 4 is 47.4 Å². The molecule has 1 saturated heterocycles. The number of hydrogen-bond donors (Lipinski definition) is 3. The van der Waals surface area contributed by atoms with Crippen molar-refractivity contribution in [1.82, 2.24) is 30.7 Å². The van der Waals surface area contributed by atoms with E-state index in [0.29, 0.717) is 5.56 Å². The van der Waals surface area contributed by atoms with E-state index in [1.807, 2.05) is 13.8 Å². The van der Waals surface area contributed by atoms with Gasteiger partial charge in [-0.1, -0.05) is 50.8 Å². The average molecular weight is 773 g/mol. The van der Waals surface area contributed by atoms with Gasteiger partial charge in [-0.05, 0) is 45.6 Å². The summed E-state index contributed by atoms with van der Waals surface area (Å²) in [7, 11) is 5.24. The number of ether oxygens (including phenoxy) is 3. The van der Waals surface area contributed by atoms with Crippen molar-refractivity contribution < 1.29 is 52.6 Å². The molecule has 17 nitrogen and oxygen atoms in total. The Hall–Kier alpha value is -5.32. The van der Waals surface area contributed by atoms with Crippen molar-refractivity contribution in [2.45, 2.75) is 110 Å². The van der Waals surface area contributed by atoms with Crippen molar-refractivity contribution in [2.24, 2.45) is 5.92 Å². The van der Waals surface area contributed by atoms with E-state index in [2.05, 4.69) is 22.5 Å². The number of carbonyl (C=O) groups excluding carboxylic acids is 8. The number of amides is 6. The zero-order chi connectivity index (χ0) is 41.9. The first-order chi connectivity index (χ1) is 25.6. The Kier molecular flexibility index (Phi) is 17.0. The zero-order valence-electron chi connectivity index (χ0n) is 33.5. The lowest BCUT2D eigenvalue weighted by Gasteiger charge is -2.35. The van der Waals surface area contributed by atoms with E-state index in [1.165, 1.54) is 55.9 Å². The number of likely N-dealkylation sites (N-methyl/N-ethyl adjacent to an activating group) is 3. The van der Waals surface area contributed by atoms with Crippen molar-refractivity contribution in [3.05, 3.63) is 48.2 Å². The number of rotatable bonds is 7. The molecule has 8 atom stereocenters. The fraction of sp³-hybridized carbons (Fsp3) is 0.579. The molecule has 0 aliphatic carbocycles. The minimum Gasteiger partial charge on any atom is -0.458 e. The molecule has 1 heterocycles. The smallest absolute Gasteiger partial charge is 0.333 e. The Morgan fingerprint density at radius 2 is 1.47 bits per heavy atom. The van der Waals surface area contributed by atoms with Crippen LogP contribution in [0.4, 0.5) is 0 Å². The van der Waals surface area contributed by atoms with E-state index in [9.17, 15) is 38.4 Å². The Morgan fingerprint density at radius 1 is 0.873 bits per heavy atom. The normalized spacial score (nSPS) is 26.7. The van der Waals surface area contributed by atoms with Gasteiger partial charge in [-0.2, -0.15) is 0 Å². The van der Waals surface area contributed by atoms with Gasteiger partial charge in [0.2, 0.25) is 23.6 Å². The van der Waals surface area contributed by atoms with Crippen LogP contribution in [0.15, 0.2) is 42.6 Å².